The summed E-state index contributed by atoms with van der Waals surface area (Å²) < 4.78 is 5.49. The van der Waals surface area contributed by atoms with E-state index in [0.717, 1.165) is 4.88 Å². The molecule has 0 saturated carbocycles. The van der Waals surface area contributed by atoms with E-state index in [9.17, 15) is 4.79 Å². The van der Waals surface area contributed by atoms with Crippen LogP contribution in [0.4, 0.5) is 5.95 Å². The molecule has 0 fully saturated rings. The zero-order valence-electron chi connectivity index (χ0n) is 13.4. The third-order valence-electron chi connectivity index (χ3n) is 3.52. The lowest BCUT2D eigenvalue weighted by Gasteiger charge is -2.14. The largest absolute Gasteiger partial charge is 0.478 e. The van der Waals surface area contributed by atoms with Crippen molar-refractivity contribution in [2.75, 3.05) is 19.0 Å². The van der Waals surface area contributed by atoms with E-state index in [-0.39, 0.29) is 11.7 Å². The lowest BCUT2D eigenvalue weighted by Crippen LogP contribution is -2.15. The van der Waals surface area contributed by atoms with E-state index in [0.29, 0.717) is 23.9 Å². The van der Waals surface area contributed by atoms with Gasteiger partial charge in [-0.25, -0.2) is 14.8 Å². The van der Waals surface area contributed by atoms with Crippen LogP contribution in [0.2, 0.25) is 0 Å². The number of carboxylic acid groups (broad SMARTS) is 1. The number of nitrogens with zero attached hydrogens (tertiary/aromatic N) is 3. The van der Waals surface area contributed by atoms with Gasteiger partial charge in [-0.3, -0.25) is 4.98 Å². The Kier molecular flexibility index (Phi) is 5.32. The van der Waals surface area contributed by atoms with Gasteiger partial charge in [0, 0.05) is 30.9 Å². The van der Waals surface area contributed by atoms with Crippen molar-refractivity contribution in [1.29, 1.82) is 0 Å². The van der Waals surface area contributed by atoms with Gasteiger partial charge in [0.1, 0.15) is 6.10 Å². The summed E-state index contributed by atoms with van der Waals surface area (Å²) in [5.41, 5.74) is 1.19. The SMILES string of the molecule is COC(CNc1nccc(-c2cc(C(=O)O)ccn2)n1)c1cccs1. The van der Waals surface area contributed by atoms with Gasteiger partial charge >= 0.3 is 5.97 Å². The van der Waals surface area contributed by atoms with Gasteiger partial charge in [-0.1, -0.05) is 6.07 Å². The van der Waals surface area contributed by atoms with E-state index in [2.05, 4.69) is 20.3 Å². The van der Waals surface area contributed by atoms with E-state index in [1.807, 2.05) is 17.5 Å². The molecule has 1 atom stereocenters. The Morgan fingerprint density at radius 1 is 1.28 bits per heavy atom. The molecule has 0 bridgehead atoms. The molecule has 1 unspecified atom stereocenters. The normalized spacial score (nSPS) is 11.9. The van der Waals surface area contributed by atoms with Crippen LogP contribution in [0.3, 0.4) is 0 Å². The topological polar surface area (TPSA) is 97.2 Å². The average molecular weight is 356 g/mol. The number of pyridine rings is 1. The maximum absolute atomic E-state index is 11.1. The quantitative estimate of drug-likeness (QED) is 0.671. The first kappa shape index (κ1) is 17.0. The molecule has 0 aliphatic carbocycles. The number of ether oxygens (including phenoxy) is 1. The maximum atomic E-state index is 11.1. The fraction of sp³-hybridized carbons (Fsp3) is 0.176. The third kappa shape index (κ3) is 4.17. The zero-order valence-corrected chi connectivity index (χ0v) is 14.2. The minimum atomic E-state index is -1.00. The van der Waals surface area contributed by atoms with Gasteiger partial charge in [-0.05, 0) is 29.6 Å². The van der Waals surface area contributed by atoms with Crippen LogP contribution >= 0.6 is 11.3 Å². The van der Waals surface area contributed by atoms with Crippen LogP contribution in [-0.2, 0) is 4.74 Å². The standard InChI is InChI=1S/C17H16N4O3S/c1-24-14(15-3-2-8-25-15)10-20-17-19-7-5-12(21-17)13-9-11(16(22)23)4-6-18-13/h2-9,14H,10H2,1H3,(H,22,23)(H,19,20,21). The molecule has 128 valence electrons. The van der Waals surface area contributed by atoms with Crippen molar-refractivity contribution >= 4 is 23.3 Å². The fourth-order valence-corrected chi connectivity index (χ4v) is 3.05. The number of aromatic carboxylic acids is 1. The predicted molar refractivity (Wildman–Crippen MR) is 94.8 cm³/mol. The highest BCUT2D eigenvalue weighted by Crippen LogP contribution is 2.22. The molecule has 3 heterocycles. The van der Waals surface area contributed by atoms with Gasteiger partial charge in [-0.15, -0.1) is 11.3 Å². The molecule has 3 aromatic rings. The van der Waals surface area contributed by atoms with Crippen molar-refractivity contribution in [2.24, 2.45) is 0 Å². The number of nitrogens with one attached hydrogen (secondary N) is 1. The maximum Gasteiger partial charge on any atom is 0.335 e. The van der Waals surface area contributed by atoms with Crippen LogP contribution in [0.1, 0.15) is 21.3 Å². The summed E-state index contributed by atoms with van der Waals surface area (Å²) in [6, 6.07) is 8.60. The van der Waals surface area contributed by atoms with Gasteiger partial charge < -0.3 is 15.2 Å². The first-order chi connectivity index (χ1) is 12.2. The summed E-state index contributed by atoms with van der Waals surface area (Å²) in [5, 5.41) is 14.2. The molecule has 0 aromatic carbocycles. The third-order valence-corrected chi connectivity index (χ3v) is 4.48. The van der Waals surface area contributed by atoms with Crippen molar-refractivity contribution in [2.45, 2.75) is 6.10 Å². The Morgan fingerprint density at radius 3 is 2.84 bits per heavy atom. The first-order valence-electron chi connectivity index (χ1n) is 7.50. The van der Waals surface area contributed by atoms with Gasteiger partial charge in [0.2, 0.25) is 5.95 Å². The molecule has 25 heavy (non-hydrogen) atoms. The number of aromatic nitrogens is 3. The van der Waals surface area contributed by atoms with Crippen LogP contribution in [0, 0.1) is 0 Å². The van der Waals surface area contributed by atoms with Crippen molar-refractivity contribution in [3.63, 3.8) is 0 Å². The summed E-state index contributed by atoms with van der Waals surface area (Å²) in [4.78, 5) is 25.0. The summed E-state index contributed by atoms with van der Waals surface area (Å²) in [6.07, 6.45) is 2.96. The Labute approximate surface area is 148 Å². The van der Waals surface area contributed by atoms with Crippen molar-refractivity contribution in [3.05, 3.63) is 58.5 Å². The molecule has 3 aromatic heterocycles. The number of rotatable bonds is 7. The number of hydrogen-bond acceptors (Lipinski definition) is 7. The van der Waals surface area contributed by atoms with Gasteiger partial charge in [-0.2, -0.15) is 0 Å². The highest BCUT2D eigenvalue weighted by Gasteiger charge is 2.13. The Balaban J connectivity index is 1.75. The second kappa shape index (κ2) is 7.82. The zero-order chi connectivity index (χ0) is 17.6. The molecule has 0 saturated heterocycles. The van der Waals surface area contributed by atoms with Gasteiger partial charge in [0.25, 0.3) is 0 Å². The molecule has 0 aliphatic heterocycles. The van der Waals surface area contributed by atoms with E-state index >= 15 is 0 Å². The second-order valence-electron chi connectivity index (χ2n) is 5.12. The number of methoxy groups -OCH3 is 1. The number of thiophene rings is 1. The highest BCUT2D eigenvalue weighted by molar-refractivity contribution is 7.10. The number of anilines is 1. The molecule has 8 heteroatoms. The van der Waals surface area contributed by atoms with E-state index in [4.69, 9.17) is 9.84 Å². The molecule has 2 N–H and O–H groups in total. The van der Waals surface area contributed by atoms with Gasteiger partial charge in [0.05, 0.1) is 17.0 Å². The highest BCUT2D eigenvalue weighted by atomic mass is 32.1. The van der Waals surface area contributed by atoms with Crippen molar-refractivity contribution in [1.82, 2.24) is 15.0 Å². The average Bonchev–Trinajstić information content (AvgIpc) is 3.17. The monoisotopic (exact) mass is 356 g/mol. The molecule has 7 nitrogen and oxygen atoms in total. The van der Waals surface area contributed by atoms with Gasteiger partial charge in [0.15, 0.2) is 0 Å². The van der Waals surface area contributed by atoms with E-state index < -0.39 is 5.97 Å². The predicted octanol–water partition coefficient (Wildman–Crippen LogP) is 3.10. The Hall–Kier alpha value is -2.84. The molecule has 0 aliphatic rings. The fourth-order valence-electron chi connectivity index (χ4n) is 2.25. The number of hydrogen-bond donors (Lipinski definition) is 2. The molecule has 3 rings (SSSR count). The first-order valence-corrected chi connectivity index (χ1v) is 8.38. The minimum Gasteiger partial charge on any atom is -0.478 e. The molecule has 0 radical (unpaired) electrons. The van der Waals surface area contributed by atoms with Crippen LogP contribution in [-0.4, -0.2) is 39.7 Å². The Morgan fingerprint density at radius 2 is 2.12 bits per heavy atom. The minimum absolute atomic E-state index is 0.0966. The number of carbonyl (C=O) groups is 1. The van der Waals surface area contributed by atoms with Crippen LogP contribution in [0.25, 0.3) is 11.4 Å². The van der Waals surface area contributed by atoms with E-state index in [1.54, 1.807) is 30.7 Å². The summed E-state index contributed by atoms with van der Waals surface area (Å²) in [5.74, 6) is -0.575. The van der Waals surface area contributed by atoms with Crippen molar-refractivity contribution in [3.8, 4) is 11.4 Å². The molecule has 0 amide bonds. The second-order valence-corrected chi connectivity index (χ2v) is 6.10. The Bertz CT molecular complexity index is 855. The van der Waals surface area contributed by atoms with Crippen LogP contribution in [0.5, 0.6) is 0 Å². The summed E-state index contributed by atoms with van der Waals surface area (Å²) in [6.45, 7) is 0.517. The van der Waals surface area contributed by atoms with E-state index in [1.165, 1.54) is 18.3 Å². The molecule has 0 spiro atoms. The van der Waals surface area contributed by atoms with Crippen LogP contribution < -0.4 is 5.32 Å². The lowest BCUT2D eigenvalue weighted by molar-refractivity contribution is 0.0697. The molecular weight excluding hydrogens is 340 g/mol. The van der Waals surface area contributed by atoms with Crippen LogP contribution in [0.15, 0.2) is 48.1 Å². The summed E-state index contributed by atoms with van der Waals surface area (Å²) >= 11 is 1.62. The molecular formula is C17H16N4O3S. The lowest BCUT2D eigenvalue weighted by atomic mass is 10.2. The smallest absolute Gasteiger partial charge is 0.335 e. The number of carboxylic acids is 1. The van der Waals surface area contributed by atoms with Crippen molar-refractivity contribution < 1.29 is 14.6 Å². The summed E-state index contributed by atoms with van der Waals surface area (Å²) in [7, 11) is 1.66.